The number of nitrogen functional groups attached to an aromatic ring is 1. The number of imide groups is 1. The van der Waals surface area contributed by atoms with E-state index in [1.165, 1.54) is 17.8 Å². The lowest BCUT2D eigenvalue weighted by Crippen LogP contribution is -2.37. The summed E-state index contributed by atoms with van der Waals surface area (Å²) in [5.41, 5.74) is 0.583. The number of carboxylic acids is 1. The van der Waals surface area contributed by atoms with Gasteiger partial charge in [-0.3, -0.25) is 24.5 Å². The molecule has 0 saturated heterocycles. The zero-order valence-electron chi connectivity index (χ0n) is 30.2. The number of aromatic nitrogens is 3. The zero-order chi connectivity index (χ0) is 40.1. The standard InChI is InChI=1S/C18H15ClFNO3.C8H14N4OS.C3H8NO5P.C3H9S/c1-3-10(2)24-16-9-15(14(20)8-13(16)19)21-17(22)11-6-4-5-7-12(11)18(21)23;1-8(2,3)5-6(13)12(9)7(14-4)11-10-5;5-3(6)1-4-2-10(7,8)9;1-4(2)3/h1,8-10H,4-7H2,2H3;9H2,1-4H3;4H,1-2H2,(H,5,6)(H2,7,8,9);1-3H3/q;;;+1/p-1. The first-order valence-corrected chi connectivity index (χ1v) is 21.2. The smallest absolute Gasteiger partial charge is 0.317 e. The van der Waals surface area contributed by atoms with Crippen LogP contribution >= 0.6 is 31.0 Å². The van der Waals surface area contributed by atoms with Crippen LogP contribution in [0.5, 0.6) is 5.75 Å². The Morgan fingerprint density at radius 3 is 2.15 bits per heavy atom. The monoisotopic (exact) mass is 806 g/mol. The lowest BCUT2D eigenvalue weighted by atomic mass is 9.93. The van der Waals surface area contributed by atoms with Gasteiger partial charge in [0.1, 0.15) is 24.9 Å². The first-order chi connectivity index (χ1) is 24.0. The van der Waals surface area contributed by atoms with Crippen LogP contribution in [-0.2, 0) is 35.3 Å². The molecule has 1 aromatic carbocycles. The summed E-state index contributed by atoms with van der Waals surface area (Å²) in [6.07, 6.45) is 15.1. The SMILES string of the molecule is C#CC(C)Oc1cc(N2C(=O)C3=C(CCCC3)C2=O)c(F)cc1Cl.CSc1nnc(C(C)(C)C)c(=O)n1N.C[S+](C)C.O=C(O)CNCP(=O)([O-])O. The highest BCUT2D eigenvalue weighted by atomic mass is 35.5. The summed E-state index contributed by atoms with van der Waals surface area (Å²) in [5, 5.41) is 18.2. The number of terminal acetylenes is 1. The number of benzene rings is 1. The molecule has 0 radical (unpaired) electrons. The molecular formula is C32H45ClFN6O9PS2. The van der Waals surface area contributed by atoms with Crippen LogP contribution in [0.3, 0.4) is 0 Å². The normalized spacial score (nSPS) is 15.5. The van der Waals surface area contributed by atoms with Crippen molar-refractivity contribution in [2.45, 2.75) is 70.1 Å². The zero-order valence-corrected chi connectivity index (χ0v) is 33.5. The van der Waals surface area contributed by atoms with Gasteiger partial charge >= 0.3 is 5.97 Å². The molecule has 0 fully saturated rings. The van der Waals surface area contributed by atoms with Gasteiger partial charge in [0.2, 0.25) is 5.16 Å². The number of carboxylic acid groups (broad SMARTS) is 1. The highest BCUT2D eigenvalue weighted by Gasteiger charge is 2.41. The number of hydrogen-bond donors (Lipinski definition) is 4. The number of thioether (sulfide) groups is 1. The average Bonchev–Trinajstić information content (AvgIpc) is 3.28. The molecule has 2 aromatic rings. The maximum absolute atomic E-state index is 14.4. The van der Waals surface area contributed by atoms with Crippen LogP contribution in [0.1, 0.15) is 59.1 Å². The van der Waals surface area contributed by atoms with Crippen molar-refractivity contribution in [1.29, 1.82) is 0 Å². The van der Waals surface area contributed by atoms with Gasteiger partial charge in [0, 0.05) is 22.6 Å². The van der Waals surface area contributed by atoms with Crippen LogP contribution in [0, 0.1) is 18.2 Å². The predicted molar refractivity (Wildman–Crippen MR) is 201 cm³/mol. The van der Waals surface area contributed by atoms with E-state index in [1.54, 1.807) is 13.2 Å². The van der Waals surface area contributed by atoms with E-state index >= 15 is 0 Å². The molecule has 2 atom stereocenters. The van der Waals surface area contributed by atoms with E-state index in [2.05, 4.69) is 34.9 Å². The van der Waals surface area contributed by atoms with Gasteiger partial charge in [-0.25, -0.2) is 9.29 Å². The molecule has 1 aliphatic carbocycles. The second-order valence-electron chi connectivity index (χ2n) is 12.6. The third-order valence-corrected chi connectivity index (χ3v) is 8.08. The van der Waals surface area contributed by atoms with E-state index in [4.69, 9.17) is 38.6 Å². The Morgan fingerprint density at radius 2 is 1.73 bits per heavy atom. The number of amides is 2. The van der Waals surface area contributed by atoms with Crippen molar-refractivity contribution in [3.63, 3.8) is 0 Å². The number of ether oxygens (including phenoxy) is 1. The van der Waals surface area contributed by atoms with Gasteiger partial charge < -0.3 is 30.0 Å². The van der Waals surface area contributed by atoms with Gasteiger partial charge in [-0.1, -0.05) is 50.1 Å². The van der Waals surface area contributed by atoms with E-state index in [1.807, 2.05) is 26.1 Å². The molecule has 4 rings (SSSR count). The third kappa shape index (κ3) is 14.5. The van der Waals surface area contributed by atoms with Gasteiger partial charge in [0.15, 0.2) is 6.10 Å². The van der Waals surface area contributed by atoms with Crippen molar-refractivity contribution in [2.75, 3.05) is 48.6 Å². The molecule has 2 heterocycles. The van der Waals surface area contributed by atoms with E-state index in [0.717, 1.165) is 28.5 Å². The average molecular weight is 807 g/mol. The van der Waals surface area contributed by atoms with Crippen molar-refractivity contribution in [3.8, 4) is 18.1 Å². The van der Waals surface area contributed by atoms with E-state index in [-0.39, 0.29) is 27.4 Å². The second-order valence-corrected chi connectivity index (χ2v) is 17.8. The van der Waals surface area contributed by atoms with Gasteiger partial charge in [-0.05, 0) is 55.8 Å². The van der Waals surface area contributed by atoms with Crippen molar-refractivity contribution < 1.29 is 43.0 Å². The second kappa shape index (κ2) is 20.7. The van der Waals surface area contributed by atoms with Crippen LogP contribution in [-0.4, -0.2) is 86.6 Å². The number of halogens is 2. The van der Waals surface area contributed by atoms with Crippen molar-refractivity contribution >= 4 is 65.3 Å². The minimum atomic E-state index is -4.35. The fourth-order valence-corrected chi connectivity index (χ4v) is 5.25. The Hall–Kier alpha value is -3.43. The Balaban J connectivity index is 0.000000409. The summed E-state index contributed by atoms with van der Waals surface area (Å²) in [6, 6.07) is 2.27. The quantitative estimate of drug-likeness (QED) is 0.0751. The Bertz CT molecular complexity index is 1760. The molecule has 2 aliphatic rings. The molecule has 52 heavy (non-hydrogen) atoms. The summed E-state index contributed by atoms with van der Waals surface area (Å²) in [5.74, 6) is 5.21. The number of anilines is 1. The lowest BCUT2D eigenvalue weighted by molar-refractivity contribution is -0.193. The van der Waals surface area contributed by atoms with Crippen molar-refractivity contribution in [2.24, 2.45) is 0 Å². The number of aliphatic carboxylic acids is 1. The maximum atomic E-state index is 14.4. The Kier molecular flexibility index (Phi) is 18.6. The van der Waals surface area contributed by atoms with Crippen LogP contribution in [0.25, 0.3) is 0 Å². The highest BCUT2D eigenvalue weighted by Crippen LogP contribution is 2.39. The van der Waals surface area contributed by atoms with Gasteiger partial charge in [0.25, 0.3) is 17.4 Å². The van der Waals surface area contributed by atoms with Crippen LogP contribution in [0.4, 0.5) is 10.1 Å². The summed E-state index contributed by atoms with van der Waals surface area (Å²) >= 11 is 7.26. The first kappa shape index (κ1) is 46.6. The molecule has 2 amide bonds. The van der Waals surface area contributed by atoms with Crippen LogP contribution in [0.2, 0.25) is 5.02 Å². The largest absolute Gasteiger partial charge is 0.778 e. The van der Waals surface area contributed by atoms with Crippen molar-refractivity contribution in [1.82, 2.24) is 20.2 Å². The summed E-state index contributed by atoms with van der Waals surface area (Å²) in [6.45, 7) is 6.85. The summed E-state index contributed by atoms with van der Waals surface area (Å²) in [7, 11) is -3.71. The van der Waals surface area contributed by atoms with Gasteiger partial charge in [-0.2, -0.15) is 4.68 Å². The number of nitrogens with zero attached hydrogens (tertiary/aromatic N) is 4. The molecule has 0 saturated carbocycles. The fourth-order valence-electron chi connectivity index (χ4n) is 4.26. The van der Waals surface area contributed by atoms with Crippen molar-refractivity contribution in [3.05, 3.63) is 50.2 Å². The molecule has 0 spiro atoms. The van der Waals surface area contributed by atoms with E-state index < -0.39 is 50.1 Å². The number of nitrogens with one attached hydrogen (secondary N) is 1. The minimum absolute atomic E-state index is 0.0233. The molecule has 288 valence electrons. The predicted octanol–water partition coefficient (Wildman–Crippen LogP) is 2.65. The minimum Gasteiger partial charge on any atom is -0.778 e. The molecule has 1 aliphatic heterocycles. The number of nitrogens with two attached hydrogens (primary N) is 1. The lowest BCUT2D eigenvalue weighted by Gasteiger charge is -2.19. The molecule has 15 nitrogen and oxygen atoms in total. The van der Waals surface area contributed by atoms with E-state index in [0.29, 0.717) is 45.7 Å². The number of carbonyl (C=O) groups excluding carboxylic acids is 2. The van der Waals surface area contributed by atoms with Crippen LogP contribution < -0.4 is 31.2 Å². The maximum Gasteiger partial charge on any atom is 0.317 e. The molecule has 20 heteroatoms. The molecule has 5 N–H and O–H groups in total. The molecule has 2 unspecified atom stereocenters. The number of rotatable bonds is 8. The Labute approximate surface area is 314 Å². The molecular weight excluding hydrogens is 762 g/mol. The molecule has 1 aromatic heterocycles. The molecule has 0 bridgehead atoms. The van der Waals surface area contributed by atoms with Crippen LogP contribution in [0.15, 0.2) is 33.2 Å². The van der Waals surface area contributed by atoms with Gasteiger partial charge in [0.05, 0.1) is 42.3 Å². The van der Waals surface area contributed by atoms with Gasteiger partial charge in [-0.15, -0.1) is 16.6 Å². The number of hydrogen-bond acceptors (Lipinski definition) is 12. The topological polar surface area (TPSA) is 230 Å². The Morgan fingerprint density at radius 1 is 1.21 bits per heavy atom. The third-order valence-electron chi connectivity index (χ3n) is 6.51. The number of carbonyl (C=O) groups is 3. The summed E-state index contributed by atoms with van der Waals surface area (Å²) in [4.78, 5) is 65.5. The van der Waals surface area contributed by atoms with E-state index in [9.17, 15) is 33.0 Å². The summed E-state index contributed by atoms with van der Waals surface area (Å²) < 4.78 is 30.8. The highest BCUT2D eigenvalue weighted by molar-refractivity contribution is 7.98. The first-order valence-electron chi connectivity index (χ1n) is 15.4. The fraction of sp³-hybridized carbons (Fsp3) is 0.500.